The summed E-state index contributed by atoms with van der Waals surface area (Å²) in [5.74, 6) is 0.804. The van der Waals surface area contributed by atoms with Crippen molar-refractivity contribution in [1.82, 2.24) is 20.2 Å². The SMILES string of the molecule is CN(C)c1nccc(CN2CCC3(CCNCC3)C2)n1.Cl. The van der Waals surface area contributed by atoms with E-state index in [2.05, 4.69) is 20.2 Å². The van der Waals surface area contributed by atoms with Crippen molar-refractivity contribution in [3.05, 3.63) is 18.0 Å². The molecular formula is C15H26ClN5. The van der Waals surface area contributed by atoms with Crippen LogP contribution in [0.1, 0.15) is 25.0 Å². The zero-order valence-electron chi connectivity index (χ0n) is 13.0. The van der Waals surface area contributed by atoms with Gasteiger partial charge in [-0.1, -0.05) is 0 Å². The number of aromatic nitrogens is 2. The van der Waals surface area contributed by atoms with Crippen molar-refractivity contribution in [2.45, 2.75) is 25.8 Å². The Morgan fingerprint density at radius 3 is 2.76 bits per heavy atom. The first kappa shape index (κ1) is 16.5. The molecule has 1 aromatic heterocycles. The van der Waals surface area contributed by atoms with Gasteiger partial charge in [-0.3, -0.25) is 4.90 Å². The first-order valence-corrected chi connectivity index (χ1v) is 7.59. The third-order valence-electron chi connectivity index (χ3n) is 4.67. The van der Waals surface area contributed by atoms with Crippen LogP contribution < -0.4 is 10.2 Å². The number of hydrogen-bond donors (Lipinski definition) is 1. The number of hydrogen-bond acceptors (Lipinski definition) is 5. The van der Waals surface area contributed by atoms with Crippen LogP contribution in [0.5, 0.6) is 0 Å². The van der Waals surface area contributed by atoms with Gasteiger partial charge in [0.25, 0.3) is 0 Å². The summed E-state index contributed by atoms with van der Waals surface area (Å²) in [6.07, 6.45) is 5.88. The molecule has 0 aromatic carbocycles. The van der Waals surface area contributed by atoms with Crippen molar-refractivity contribution in [3.8, 4) is 0 Å². The third kappa shape index (κ3) is 3.84. The Kier molecular flexibility index (Phi) is 5.41. The second-order valence-electron chi connectivity index (χ2n) is 6.45. The van der Waals surface area contributed by atoms with Crippen molar-refractivity contribution < 1.29 is 0 Å². The van der Waals surface area contributed by atoms with E-state index in [1.54, 1.807) is 0 Å². The van der Waals surface area contributed by atoms with E-state index in [0.717, 1.165) is 18.2 Å². The van der Waals surface area contributed by atoms with Gasteiger partial charge in [0.15, 0.2) is 0 Å². The van der Waals surface area contributed by atoms with Crippen molar-refractivity contribution >= 4 is 18.4 Å². The quantitative estimate of drug-likeness (QED) is 0.917. The maximum Gasteiger partial charge on any atom is 0.225 e. The van der Waals surface area contributed by atoms with E-state index >= 15 is 0 Å². The normalized spacial score (nSPS) is 21.2. The van der Waals surface area contributed by atoms with Crippen molar-refractivity contribution in [1.29, 1.82) is 0 Å². The Labute approximate surface area is 133 Å². The molecule has 0 aliphatic carbocycles. The average molecular weight is 312 g/mol. The lowest BCUT2D eigenvalue weighted by molar-refractivity contribution is 0.193. The van der Waals surface area contributed by atoms with Gasteiger partial charge in [-0.25, -0.2) is 9.97 Å². The van der Waals surface area contributed by atoms with Crippen LogP contribution >= 0.6 is 12.4 Å². The molecule has 0 saturated carbocycles. The minimum Gasteiger partial charge on any atom is -0.347 e. The molecule has 118 valence electrons. The Hall–Kier alpha value is -0.910. The fourth-order valence-corrected chi connectivity index (χ4v) is 3.45. The molecule has 6 heteroatoms. The molecule has 21 heavy (non-hydrogen) atoms. The summed E-state index contributed by atoms with van der Waals surface area (Å²) >= 11 is 0. The number of nitrogens with zero attached hydrogens (tertiary/aromatic N) is 4. The van der Waals surface area contributed by atoms with Crippen LogP contribution in [0.3, 0.4) is 0 Å². The first-order chi connectivity index (χ1) is 9.67. The van der Waals surface area contributed by atoms with Gasteiger partial charge in [-0.05, 0) is 50.4 Å². The van der Waals surface area contributed by atoms with Gasteiger partial charge >= 0.3 is 0 Å². The summed E-state index contributed by atoms with van der Waals surface area (Å²) in [4.78, 5) is 13.4. The minimum absolute atomic E-state index is 0. The highest BCUT2D eigenvalue weighted by atomic mass is 35.5. The summed E-state index contributed by atoms with van der Waals surface area (Å²) in [6, 6.07) is 2.04. The maximum absolute atomic E-state index is 4.63. The van der Waals surface area contributed by atoms with Gasteiger partial charge in [-0.2, -0.15) is 0 Å². The predicted molar refractivity (Wildman–Crippen MR) is 88.0 cm³/mol. The molecule has 2 fully saturated rings. The van der Waals surface area contributed by atoms with Crippen molar-refractivity contribution in [3.63, 3.8) is 0 Å². The van der Waals surface area contributed by atoms with Crippen molar-refractivity contribution in [2.24, 2.45) is 5.41 Å². The van der Waals surface area contributed by atoms with Gasteiger partial charge in [0.05, 0.1) is 5.69 Å². The highest BCUT2D eigenvalue weighted by Gasteiger charge is 2.38. The topological polar surface area (TPSA) is 44.3 Å². The van der Waals surface area contributed by atoms with Gasteiger partial charge in [0.2, 0.25) is 5.95 Å². The standard InChI is InChI=1S/C15H25N5.ClH/c1-19(2)14-17-7-3-13(18-14)11-20-10-6-15(12-20)4-8-16-9-5-15;/h3,7,16H,4-6,8-12H2,1-2H3;1H. The molecule has 2 saturated heterocycles. The zero-order valence-corrected chi connectivity index (χ0v) is 13.8. The predicted octanol–water partition coefficient (Wildman–Crippen LogP) is 1.54. The van der Waals surface area contributed by atoms with E-state index in [1.807, 2.05) is 31.3 Å². The molecule has 0 atom stereocenters. The van der Waals surface area contributed by atoms with E-state index in [4.69, 9.17) is 0 Å². The van der Waals surface area contributed by atoms with Gasteiger partial charge in [0.1, 0.15) is 0 Å². The lowest BCUT2D eigenvalue weighted by atomic mass is 9.78. The van der Waals surface area contributed by atoms with E-state index in [1.165, 1.54) is 45.4 Å². The number of anilines is 1. The second-order valence-corrected chi connectivity index (χ2v) is 6.45. The lowest BCUT2D eigenvalue weighted by Gasteiger charge is -2.33. The van der Waals surface area contributed by atoms with Crippen LogP contribution in [0.15, 0.2) is 12.3 Å². The molecule has 3 heterocycles. The van der Waals surface area contributed by atoms with E-state index in [0.29, 0.717) is 5.41 Å². The highest BCUT2D eigenvalue weighted by Crippen LogP contribution is 2.38. The summed E-state index contributed by atoms with van der Waals surface area (Å²) in [6.45, 7) is 5.77. The zero-order chi connectivity index (χ0) is 14.0. The van der Waals surface area contributed by atoms with E-state index in [-0.39, 0.29) is 12.4 Å². The number of likely N-dealkylation sites (tertiary alicyclic amines) is 1. The van der Waals surface area contributed by atoms with Crippen molar-refractivity contribution in [2.75, 3.05) is 45.2 Å². The summed E-state index contributed by atoms with van der Waals surface area (Å²) in [7, 11) is 3.97. The fraction of sp³-hybridized carbons (Fsp3) is 0.733. The van der Waals surface area contributed by atoms with E-state index < -0.39 is 0 Å². The molecule has 0 radical (unpaired) electrons. The smallest absolute Gasteiger partial charge is 0.225 e. The summed E-state index contributed by atoms with van der Waals surface area (Å²) < 4.78 is 0. The Balaban J connectivity index is 0.00000161. The number of piperidine rings is 1. The summed E-state index contributed by atoms with van der Waals surface area (Å²) in [5, 5.41) is 3.48. The molecule has 5 nitrogen and oxygen atoms in total. The Morgan fingerprint density at radius 1 is 1.29 bits per heavy atom. The highest BCUT2D eigenvalue weighted by molar-refractivity contribution is 5.85. The molecule has 2 aliphatic rings. The fourth-order valence-electron chi connectivity index (χ4n) is 3.45. The molecule has 0 bridgehead atoms. The largest absolute Gasteiger partial charge is 0.347 e. The second kappa shape index (κ2) is 6.90. The molecule has 0 unspecified atom stereocenters. The molecule has 2 aliphatic heterocycles. The Morgan fingerprint density at radius 2 is 2.05 bits per heavy atom. The molecule has 1 N–H and O–H groups in total. The van der Waals surface area contributed by atoms with E-state index in [9.17, 15) is 0 Å². The molecule has 0 amide bonds. The minimum atomic E-state index is 0. The van der Waals surface area contributed by atoms with Gasteiger partial charge in [0, 0.05) is 33.4 Å². The summed E-state index contributed by atoms with van der Waals surface area (Å²) in [5.41, 5.74) is 1.71. The Bertz CT molecular complexity index is 459. The average Bonchev–Trinajstić information content (AvgIpc) is 2.82. The van der Waals surface area contributed by atoms with Crippen LogP contribution in [0.4, 0.5) is 5.95 Å². The third-order valence-corrected chi connectivity index (χ3v) is 4.67. The molecule has 1 spiro atoms. The van der Waals surface area contributed by atoms with Gasteiger partial charge < -0.3 is 10.2 Å². The number of nitrogens with one attached hydrogen (secondary N) is 1. The van der Waals surface area contributed by atoms with Gasteiger partial charge in [-0.15, -0.1) is 12.4 Å². The van der Waals surface area contributed by atoms with Crippen LogP contribution in [-0.4, -0.2) is 55.1 Å². The number of halogens is 1. The lowest BCUT2D eigenvalue weighted by Crippen LogP contribution is -2.38. The molecular weight excluding hydrogens is 286 g/mol. The van der Waals surface area contributed by atoms with Crippen LogP contribution in [0.25, 0.3) is 0 Å². The van der Waals surface area contributed by atoms with Crippen LogP contribution in [0.2, 0.25) is 0 Å². The molecule has 1 aromatic rings. The molecule has 3 rings (SSSR count). The maximum atomic E-state index is 4.63. The first-order valence-electron chi connectivity index (χ1n) is 7.59. The monoisotopic (exact) mass is 311 g/mol. The number of rotatable bonds is 3. The van der Waals surface area contributed by atoms with Crippen LogP contribution in [0, 0.1) is 5.41 Å². The van der Waals surface area contributed by atoms with Crippen LogP contribution in [-0.2, 0) is 6.54 Å².